The van der Waals surface area contributed by atoms with Crippen molar-refractivity contribution in [2.75, 3.05) is 16.3 Å². The van der Waals surface area contributed by atoms with Crippen molar-refractivity contribution in [2.45, 2.75) is 13.1 Å². The summed E-state index contributed by atoms with van der Waals surface area (Å²) in [7, 11) is 0. The molecule has 12 heteroatoms. The Hall–Kier alpha value is -26.0. The first-order valence-electron chi connectivity index (χ1n) is 33.3. The maximum atomic E-state index is 13.2. The van der Waals surface area contributed by atoms with Crippen LogP contribution >= 0.6 is 12.2 Å². The van der Waals surface area contributed by atoms with Crippen molar-refractivity contribution in [1.82, 2.24) is 0 Å². The second-order valence-corrected chi connectivity index (χ2v) is 18.8. The number of hydrogen-bond acceptors (Lipinski definition) is 5. The lowest BCUT2D eigenvalue weighted by Crippen LogP contribution is -2.32. The summed E-state index contributed by atoms with van der Waals surface area (Å²) in [4.78, 5) is 27.7. The van der Waals surface area contributed by atoms with Gasteiger partial charge in [-0.05, 0) is 90.8 Å². The largest absolute Gasteiger partial charge is 0.407 e. The summed E-state index contributed by atoms with van der Waals surface area (Å²) in [5.74, 6) is 248. The second-order valence-electron chi connectivity index (χ2n) is 18.4. The number of non-ortho nitro benzene ring substituents is 1. The molecule has 2 aromatic rings. The minimum Gasteiger partial charge on any atom is -0.309 e. The van der Waals surface area contributed by atoms with E-state index in [0.717, 1.165) is 11.0 Å². The minimum absolute atomic E-state index is 0.0671. The third-order valence-electron chi connectivity index (χ3n) is 10.3. The van der Waals surface area contributed by atoms with Crippen molar-refractivity contribution in [3.63, 3.8) is 0 Å². The van der Waals surface area contributed by atoms with Gasteiger partial charge in [0.1, 0.15) is 6.54 Å². The van der Waals surface area contributed by atoms with Crippen molar-refractivity contribution < 1.29 is 22.9 Å². The van der Waals surface area contributed by atoms with E-state index in [9.17, 15) is 28.1 Å². The van der Waals surface area contributed by atoms with Crippen molar-refractivity contribution in [3.05, 3.63) is 69.6 Å². The number of nitro benzene ring substituents is 1. The topological polar surface area (TPSA) is 94.8 Å². The fourth-order valence-electron chi connectivity index (χ4n) is 5.82. The Morgan fingerprint density at radius 2 is 0.473 bits per heavy atom. The highest BCUT2D eigenvalue weighted by Crippen LogP contribution is 2.40. The predicted octanol–water partition coefficient (Wildman–Crippen LogP) is 5.00. The summed E-state index contributed by atoms with van der Waals surface area (Å²) < 4.78 is 39.6. The SMILES string of the molecule is CC#CC#CC#CC#CC#CC#CC#CC#CC#CC#CC#CC#CC#CC#CC#CC#CC#CC#CC#CC#CC#CC#CC#CC#CC#CC#CC#CC#CC#CC#CC#CC#CC#CC#CC#CC#CC#CC#CC#CC#CC#CC#CC#CC#CC#CC#CC#CC#CC#CC#CC#N.[C-]#[N+]c1ccc(N2C(=O)CN(c3ccc([N+](=O)[O-])cc3)C2=S)cc1C(F)(F)F. The van der Waals surface area contributed by atoms with Crippen LogP contribution < -0.4 is 9.80 Å². The number of nitriles is 1. The molecule has 1 heterocycles. The van der Waals surface area contributed by atoms with Crippen LogP contribution in [0.25, 0.3) is 4.85 Å². The molecular formula is C119H12F3N5O3S. The highest BCUT2D eigenvalue weighted by atomic mass is 32.1. The average molecular weight is 1650 g/mol. The Morgan fingerprint density at radius 1 is 0.305 bits per heavy atom. The fourth-order valence-corrected chi connectivity index (χ4v) is 6.20. The molecule has 0 saturated carbocycles. The zero-order valence-corrected chi connectivity index (χ0v) is 66.6. The van der Waals surface area contributed by atoms with E-state index in [1.165, 1.54) is 35.2 Å². The lowest BCUT2D eigenvalue weighted by molar-refractivity contribution is -0.384. The van der Waals surface area contributed by atoms with Gasteiger partial charge < -0.3 is 4.90 Å². The molecule has 0 radical (unpaired) electrons. The maximum Gasteiger partial charge on any atom is 0.407 e. The Labute approximate surface area is 766 Å². The van der Waals surface area contributed by atoms with Gasteiger partial charge in [-0.15, -0.1) is 0 Å². The molecule has 0 aromatic heterocycles. The van der Waals surface area contributed by atoms with Crippen LogP contribution in [0.4, 0.5) is 35.9 Å². The number of amides is 1. The van der Waals surface area contributed by atoms with Gasteiger partial charge in [-0.1, -0.05) is 12.0 Å². The Morgan fingerprint density at radius 3 is 0.626 bits per heavy atom. The molecule has 1 fully saturated rings. The summed E-state index contributed by atoms with van der Waals surface area (Å²) in [5.41, 5.74) is -1.62. The van der Waals surface area contributed by atoms with Crippen LogP contribution in [0.1, 0.15) is 12.5 Å². The number of thiocarbonyl (C=S) groups is 1. The first-order chi connectivity index (χ1) is 64.5. The molecule has 0 aliphatic carbocycles. The number of anilines is 2. The van der Waals surface area contributed by atoms with Crippen molar-refractivity contribution in [1.29, 1.82) is 5.26 Å². The molecule has 0 N–H and O–H groups in total. The highest BCUT2D eigenvalue weighted by molar-refractivity contribution is 7.81. The number of halogens is 3. The van der Waals surface area contributed by atoms with Gasteiger partial charge in [0.25, 0.3) is 11.6 Å². The third-order valence-corrected chi connectivity index (χ3v) is 10.7. The van der Waals surface area contributed by atoms with E-state index in [-0.39, 0.29) is 23.0 Å². The average Bonchev–Trinajstić information content (AvgIpc) is 1.76. The summed E-state index contributed by atoms with van der Waals surface area (Å²) in [6, 6.07) is 9.78. The second kappa shape index (κ2) is 76.6. The van der Waals surface area contributed by atoms with E-state index in [2.05, 4.69) is 597 Å². The molecule has 2 aromatic carbocycles. The molecule has 8 nitrogen and oxygen atoms in total. The number of carbonyl (C=O) groups excluding carboxylic acids is 1. The molecule has 0 unspecified atom stereocenters. The monoisotopic (exact) mass is 1650 g/mol. The van der Waals surface area contributed by atoms with Gasteiger partial charge in [-0.2, -0.15) is 18.4 Å². The highest BCUT2D eigenvalue weighted by Gasteiger charge is 2.38. The summed E-state index contributed by atoms with van der Waals surface area (Å²) in [6.45, 7) is 8.33. The van der Waals surface area contributed by atoms with Gasteiger partial charge in [0, 0.05) is 562 Å². The first kappa shape index (κ1) is 101. The van der Waals surface area contributed by atoms with Crippen molar-refractivity contribution in [2.24, 2.45) is 0 Å². The Bertz CT molecular complexity index is 9050. The quantitative estimate of drug-likeness (QED) is 0.141. The standard InChI is InChI=1S/C102H3N.C17H9F3N4O3S/c1-2-3-4-5-6-7-8-9-10-11-12-13-14-15-16-17-18-19-20-21-22-23-24-25-26-27-28-29-30-31-32-33-34-35-36-37-38-39-40-41-42-43-44-45-46-47-48-49-50-51-52-53-54-55-56-57-58-59-60-61-62-63-64-65-66-67-68-69-70-71-72-73-74-75-76-77-78-79-80-81-82-83-84-85-86-87-88-89-90-91-92-93-94-95-96-97-98-99-100-101-102-103;1-21-14-7-6-12(8-13(14)17(18,19)20)23-15(25)9-22(16(23)28)10-2-4-11(5-3-10)24(26)27/h1H3;2-8H,9H2. The zero-order chi connectivity index (χ0) is 94.1. The first-order valence-corrected chi connectivity index (χ1v) is 33.7. The van der Waals surface area contributed by atoms with Crippen LogP contribution in [0.5, 0.6) is 0 Å². The van der Waals surface area contributed by atoms with Crippen molar-refractivity contribution in [3.8, 4) is 598 Å². The van der Waals surface area contributed by atoms with E-state index in [4.69, 9.17) is 24.1 Å². The van der Waals surface area contributed by atoms with E-state index in [0.29, 0.717) is 11.8 Å². The molecule has 1 aliphatic heterocycles. The minimum atomic E-state index is -4.77. The number of hydrogen-bond donors (Lipinski definition) is 0. The zero-order valence-electron chi connectivity index (χ0n) is 65.8. The molecule has 558 valence electrons. The van der Waals surface area contributed by atoms with Crippen LogP contribution in [0.3, 0.4) is 0 Å². The lowest BCUT2D eigenvalue weighted by atomic mass is 10.1. The third kappa shape index (κ3) is 61.1. The normalized spacial score (nSPS) is 6.18. The van der Waals surface area contributed by atoms with Crippen LogP contribution in [0.2, 0.25) is 0 Å². The molecule has 1 amide bonds. The van der Waals surface area contributed by atoms with Gasteiger partial charge >= 0.3 is 6.18 Å². The van der Waals surface area contributed by atoms with Crippen molar-refractivity contribution >= 4 is 46.0 Å². The number of benzene rings is 2. The van der Waals surface area contributed by atoms with Crippen LogP contribution in [-0.2, 0) is 11.0 Å². The molecule has 1 saturated heterocycles. The number of nitrogens with zero attached hydrogens (tertiary/aromatic N) is 5. The van der Waals surface area contributed by atoms with Gasteiger partial charge in [0.05, 0.1) is 17.1 Å². The van der Waals surface area contributed by atoms with E-state index in [1.54, 1.807) is 13.0 Å². The molecule has 0 bridgehead atoms. The number of alkyl halides is 3. The number of nitro groups is 1. The molecule has 0 spiro atoms. The van der Waals surface area contributed by atoms with Gasteiger partial charge in [0.2, 0.25) is 0 Å². The molecular weight excluding hydrogens is 1640 g/mol. The summed E-state index contributed by atoms with van der Waals surface area (Å²) in [6.07, 6.45) is -4.77. The number of carbonyl (C=O) groups is 1. The van der Waals surface area contributed by atoms with Gasteiger partial charge in [-0.3, -0.25) is 19.8 Å². The van der Waals surface area contributed by atoms with Crippen LogP contribution in [-0.4, -0.2) is 22.5 Å². The molecule has 3 rings (SSSR count). The predicted molar refractivity (Wildman–Crippen MR) is 498 cm³/mol. The molecule has 1 aliphatic rings. The van der Waals surface area contributed by atoms with Gasteiger partial charge in [0.15, 0.2) is 16.9 Å². The van der Waals surface area contributed by atoms with E-state index >= 15 is 0 Å². The van der Waals surface area contributed by atoms with Crippen LogP contribution in [0.15, 0.2) is 42.5 Å². The van der Waals surface area contributed by atoms with E-state index in [1.807, 2.05) is 0 Å². The smallest absolute Gasteiger partial charge is 0.309 e. The fraction of sp³-hybridized carbons (Fsp3) is 0.0252. The molecule has 131 heavy (non-hydrogen) atoms. The summed E-state index contributed by atoms with van der Waals surface area (Å²) >= 11 is 5.24. The number of rotatable bonds is 3. The Kier molecular flexibility index (Phi) is 59.1. The Balaban J connectivity index is 0.00000173. The van der Waals surface area contributed by atoms with Gasteiger partial charge in [-0.25, -0.2) is 4.85 Å². The summed E-state index contributed by atoms with van der Waals surface area (Å²) in [5, 5.41) is 18.9. The lowest BCUT2D eigenvalue weighted by Gasteiger charge is -2.21. The molecule has 0 atom stereocenters. The van der Waals surface area contributed by atoms with Crippen LogP contribution in [0, 0.1) is 620 Å². The van der Waals surface area contributed by atoms with E-state index < -0.39 is 28.3 Å². The maximum absolute atomic E-state index is 13.2.